The number of aromatic carboxylic acids is 2. The number of hydrogen-bond donors (Lipinski definition) is 5. The van der Waals surface area contributed by atoms with Gasteiger partial charge >= 0.3 is 18.0 Å². The van der Waals surface area contributed by atoms with Crippen LogP contribution in [0.3, 0.4) is 0 Å². The van der Waals surface area contributed by atoms with Crippen molar-refractivity contribution in [3.05, 3.63) is 146 Å². The number of carbonyl (C=O) groups excluding carboxylic acids is 2. The third kappa shape index (κ3) is 11.3. The van der Waals surface area contributed by atoms with Crippen molar-refractivity contribution in [2.45, 2.75) is 53.3 Å². The van der Waals surface area contributed by atoms with E-state index in [1.807, 2.05) is 58.9 Å². The van der Waals surface area contributed by atoms with Crippen LogP contribution in [0, 0.1) is 17.0 Å². The van der Waals surface area contributed by atoms with Gasteiger partial charge < -0.3 is 31.3 Å². The lowest BCUT2D eigenvalue weighted by Gasteiger charge is -2.19. The summed E-state index contributed by atoms with van der Waals surface area (Å²) in [4.78, 5) is 66.5. The fourth-order valence-electron chi connectivity index (χ4n) is 5.87. The highest BCUT2D eigenvalue weighted by molar-refractivity contribution is 6.32. The number of anilines is 3. The average Bonchev–Trinajstić information content (AvgIpc) is 3.88. The first kappa shape index (κ1) is 44.4. The molecular formula is C42H40ClN9O9. The molecule has 61 heavy (non-hydrogen) atoms. The highest BCUT2D eigenvalue weighted by Crippen LogP contribution is 2.26. The van der Waals surface area contributed by atoms with Crippen LogP contribution in [-0.4, -0.2) is 70.1 Å². The fraction of sp³-hybridized carbons (Fsp3) is 0.190. The maximum atomic E-state index is 12.0. The predicted octanol–water partition coefficient (Wildman–Crippen LogP) is 7.83. The Bertz CT molecular complexity index is 2710. The van der Waals surface area contributed by atoms with E-state index in [-0.39, 0.29) is 27.9 Å². The Kier molecular flexibility index (Phi) is 13.7. The van der Waals surface area contributed by atoms with E-state index in [9.17, 15) is 29.3 Å². The maximum absolute atomic E-state index is 12.0. The number of hydrogen-bond acceptors (Lipinski definition) is 13. The summed E-state index contributed by atoms with van der Waals surface area (Å²) >= 11 is 5.43. The number of benzene rings is 3. The summed E-state index contributed by atoms with van der Waals surface area (Å²) in [6, 6.07) is 21.5. The fourth-order valence-corrected chi connectivity index (χ4v) is 6.07. The van der Waals surface area contributed by atoms with E-state index in [1.54, 1.807) is 24.4 Å². The number of nitrogen functional groups attached to an aromatic ring is 1. The van der Waals surface area contributed by atoms with Crippen molar-refractivity contribution in [1.29, 1.82) is 0 Å². The number of nitro groups is 1. The number of nitrogens with one attached hydrogen (secondary N) is 2. The van der Waals surface area contributed by atoms with Crippen molar-refractivity contribution >= 4 is 75.0 Å². The highest BCUT2D eigenvalue weighted by atomic mass is 35.5. The molecule has 0 radical (unpaired) electrons. The molecule has 0 atom stereocenters. The number of aliphatic imine (C=N–C) groups is 1. The molecular weight excluding hydrogens is 810 g/mol. The van der Waals surface area contributed by atoms with E-state index in [0.29, 0.717) is 41.2 Å². The van der Waals surface area contributed by atoms with Crippen molar-refractivity contribution in [1.82, 2.24) is 25.1 Å². The molecule has 8 rings (SSSR count). The first-order valence-corrected chi connectivity index (χ1v) is 18.7. The number of halogens is 1. The molecule has 2 aliphatic rings. The number of ether oxygens (including phenoxy) is 1. The quantitative estimate of drug-likeness (QED) is 0.0479. The van der Waals surface area contributed by atoms with Gasteiger partial charge in [0.25, 0.3) is 11.6 Å². The number of carbonyl (C=O) groups is 4. The molecule has 0 saturated carbocycles. The number of aromatic nitrogens is 4. The molecule has 1 amide bonds. The molecule has 6 N–H and O–H groups in total. The molecule has 0 bridgehead atoms. The van der Waals surface area contributed by atoms with Gasteiger partial charge in [0, 0.05) is 64.7 Å². The Hall–Kier alpha value is -7.73. The van der Waals surface area contributed by atoms with Crippen molar-refractivity contribution in [3.8, 4) is 0 Å². The number of carboxylic acid groups (broad SMARTS) is 2. The van der Waals surface area contributed by atoms with Gasteiger partial charge in [-0.25, -0.2) is 24.4 Å². The smallest absolute Gasteiger partial charge is 0.435 e. The van der Waals surface area contributed by atoms with Crippen molar-refractivity contribution in [2.24, 2.45) is 4.99 Å². The van der Waals surface area contributed by atoms with Crippen LogP contribution in [0.5, 0.6) is 0 Å². The van der Waals surface area contributed by atoms with Gasteiger partial charge in [0.1, 0.15) is 22.1 Å². The molecule has 2 aliphatic heterocycles. The van der Waals surface area contributed by atoms with Crippen LogP contribution >= 0.6 is 11.6 Å². The number of non-ortho nitro benzene ring substituents is 1. The Morgan fingerprint density at radius 2 is 1.59 bits per heavy atom. The summed E-state index contributed by atoms with van der Waals surface area (Å²) in [5, 5.41) is 38.7. The topological polar surface area (TPSA) is 267 Å². The Morgan fingerprint density at radius 1 is 0.918 bits per heavy atom. The van der Waals surface area contributed by atoms with Crippen LogP contribution in [0.2, 0.25) is 5.15 Å². The molecule has 0 saturated heterocycles. The number of nitrogens with two attached hydrogens (primary N) is 1. The standard InChI is InChI=1S/C15H13N3O2.C13H17N3O2.C8H6N2O3.C6H4ClNO2/c1-9-12-5-4-11(7-10(12)8-17-9)18-14-13(15(19)20)3-2-6-16-14;1-8-10-6-5-9(14)7-11(10)16(15-8)12(17)18-13(2,3)4;11-8-7-2-1-6(10(12)13)3-5(7)4-9-8;7-5-4(6(9)10)2-1-3-8-5/h2-7H,8H2,1H3,(H,16,18)(H,19,20);5-7H,14H2,1-4H3;1-3H,4H2,(H,9,11);1-3H,(H,9,10). The summed E-state index contributed by atoms with van der Waals surface area (Å²) in [6.07, 6.45) is 2.51. The Morgan fingerprint density at radius 3 is 2.23 bits per heavy atom. The average molecular weight is 850 g/mol. The van der Waals surface area contributed by atoms with Crippen LogP contribution in [0.15, 0.2) is 96.2 Å². The second-order valence-corrected chi connectivity index (χ2v) is 14.6. The van der Waals surface area contributed by atoms with Gasteiger partial charge in [0.2, 0.25) is 0 Å². The van der Waals surface area contributed by atoms with E-state index in [1.165, 1.54) is 47.3 Å². The second kappa shape index (κ2) is 18.9. The van der Waals surface area contributed by atoms with Crippen LogP contribution < -0.4 is 16.4 Å². The molecule has 0 fully saturated rings. The van der Waals surface area contributed by atoms with Gasteiger partial charge in [0.05, 0.1) is 28.2 Å². The Balaban J connectivity index is 0.000000159. The first-order chi connectivity index (χ1) is 28.8. The van der Waals surface area contributed by atoms with Gasteiger partial charge in [0.15, 0.2) is 0 Å². The van der Waals surface area contributed by atoms with Crippen LogP contribution in [0.4, 0.5) is 27.7 Å². The summed E-state index contributed by atoms with van der Waals surface area (Å²) < 4.78 is 6.56. The monoisotopic (exact) mass is 849 g/mol. The van der Waals surface area contributed by atoms with Crippen LogP contribution in [-0.2, 0) is 17.8 Å². The van der Waals surface area contributed by atoms with Crippen LogP contribution in [0.25, 0.3) is 10.9 Å². The largest absolute Gasteiger partial charge is 0.478 e. The number of aryl methyl sites for hydroxylation is 1. The van der Waals surface area contributed by atoms with Gasteiger partial charge in [-0.3, -0.25) is 19.9 Å². The van der Waals surface area contributed by atoms with Gasteiger partial charge in [-0.05, 0) is 106 Å². The first-order valence-electron chi connectivity index (χ1n) is 18.3. The minimum Gasteiger partial charge on any atom is -0.478 e. The van der Waals surface area contributed by atoms with Gasteiger partial charge in [-0.2, -0.15) is 9.78 Å². The number of nitro benzene ring substituents is 1. The predicted molar refractivity (Wildman–Crippen MR) is 228 cm³/mol. The lowest BCUT2D eigenvalue weighted by atomic mass is 10.1. The highest BCUT2D eigenvalue weighted by Gasteiger charge is 2.22. The number of carboxylic acids is 2. The van der Waals surface area contributed by atoms with E-state index in [2.05, 4.69) is 30.7 Å². The lowest BCUT2D eigenvalue weighted by Crippen LogP contribution is -2.27. The molecule has 3 aromatic carbocycles. The zero-order valence-corrected chi connectivity index (χ0v) is 34.2. The van der Waals surface area contributed by atoms with Crippen molar-refractivity contribution in [2.75, 3.05) is 11.1 Å². The third-order valence-corrected chi connectivity index (χ3v) is 9.01. The number of rotatable bonds is 5. The normalized spacial score (nSPS) is 12.1. The number of amides is 1. The molecule has 3 aromatic heterocycles. The number of fused-ring (bicyclic) bond motifs is 3. The number of nitrogens with zero attached hydrogens (tertiary/aromatic N) is 6. The van der Waals surface area contributed by atoms with Crippen molar-refractivity contribution in [3.63, 3.8) is 0 Å². The second-order valence-electron chi connectivity index (χ2n) is 14.3. The van der Waals surface area contributed by atoms with Gasteiger partial charge in [-0.15, -0.1) is 0 Å². The van der Waals surface area contributed by atoms with E-state index < -0.39 is 28.6 Å². The molecule has 0 unspecified atom stereocenters. The summed E-state index contributed by atoms with van der Waals surface area (Å²) in [6.45, 7) is 10.3. The third-order valence-electron chi connectivity index (χ3n) is 8.71. The lowest BCUT2D eigenvalue weighted by molar-refractivity contribution is -0.384. The number of pyridine rings is 2. The van der Waals surface area contributed by atoms with Crippen molar-refractivity contribution < 1.29 is 39.1 Å². The molecule has 0 spiro atoms. The zero-order chi connectivity index (χ0) is 44.6. The SMILES string of the molecule is CC1=NCc2cc(Nc3ncccc3C(=O)O)ccc21.Cc1nn(C(=O)OC(C)(C)C)c2cc(N)ccc12.O=C(O)c1cccnc1Cl.O=C1NCc2cc([N+](=O)[O-])ccc21. The molecule has 314 valence electrons. The molecule has 19 heteroatoms. The minimum atomic E-state index is -1.06. The molecule has 6 aromatic rings. The summed E-state index contributed by atoms with van der Waals surface area (Å²) in [5.41, 5.74) is 12.8. The maximum Gasteiger partial charge on any atom is 0.435 e. The molecule has 18 nitrogen and oxygen atoms in total. The molecule has 5 heterocycles. The van der Waals surface area contributed by atoms with Gasteiger partial charge in [-0.1, -0.05) is 17.7 Å². The molecule has 0 aliphatic carbocycles. The van der Waals surface area contributed by atoms with E-state index in [4.69, 9.17) is 32.3 Å². The minimum absolute atomic E-state index is 0.0231. The van der Waals surface area contributed by atoms with Crippen LogP contribution in [0.1, 0.15) is 81.2 Å². The zero-order valence-electron chi connectivity index (χ0n) is 33.5. The summed E-state index contributed by atoms with van der Waals surface area (Å²) in [7, 11) is 0. The summed E-state index contributed by atoms with van der Waals surface area (Å²) in [5.74, 6) is -1.88. The van der Waals surface area contributed by atoms with E-state index >= 15 is 0 Å². The Labute approximate surface area is 353 Å². The van der Waals surface area contributed by atoms with E-state index in [0.717, 1.165) is 33.6 Å².